The van der Waals surface area contributed by atoms with Gasteiger partial charge in [0.15, 0.2) is 0 Å². The minimum Gasteiger partial charge on any atom is -0.493 e. The van der Waals surface area contributed by atoms with E-state index in [9.17, 15) is 4.79 Å². The van der Waals surface area contributed by atoms with Crippen LogP contribution in [-0.2, 0) is 11.8 Å². The first kappa shape index (κ1) is 23.1. The molecule has 0 bridgehead atoms. The number of carbonyl (C=O) groups is 1. The molecule has 10 nitrogen and oxygen atoms in total. The van der Waals surface area contributed by atoms with Crippen molar-refractivity contribution >= 4 is 17.7 Å². The van der Waals surface area contributed by atoms with Crippen molar-refractivity contribution in [2.45, 2.75) is 44.9 Å². The zero-order valence-electron chi connectivity index (χ0n) is 20.3. The Hall–Kier alpha value is -3.66. The van der Waals surface area contributed by atoms with Crippen LogP contribution in [0.25, 0.3) is 11.3 Å². The number of carbonyl (C=O) groups excluding carboxylic acids is 1. The molecule has 1 atom stereocenters. The van der Waals surface area contributed by atoms with Crippen molar-refractivity contribution in [3.8, 4) is 17.0 Å². The number of aromatic nitrogens is 4. The summed E-state index contributed by atoms with van der Waals surface area (Å²) in [6, 6.07) is 7.74. The van der Waals surface area contributed by atoms with E-state index in [0.717, 1.165) is 41.1 Å². The highest BCUT2D eigenvalue weighted by atomic mass is 16.5. The van der Waals surface area contributed by atoms with Gasteiger partial charge in [0.05, 0.1) is 55.5 Å². The summed E-state index contributed by atoms with van der Waals surface area (Å²) in [5.74, 6) is 1.26. The second-order valence-electron chi connectivity index (χ2n) is 9.25. The van der Waals surface area contributed by atoms with Gasteiger partial charge in [-0.3, -0.25) is 4.68 Å². The van der Waals surface area contributed by atoms with Crippen molar-refractivity contribution in [1.82, 2.24) is 30.0 Å². The zero-order chi connectivity index (χ0) is 24.4. The Balaban J connectivity index is 1.29. The molecule has 0 radical (unpaired) electrons. The first-order valence-corrected chi connectivity index (χ1v) is 12.0. The second-order valence-corrected chi connectivity index (χ2v) is 9.25. The van der Waals surface area contributed by atoms with Crippen molar-refractivity contribution in [1.29, 1.82) is 0 Å². The van der Waals surface area contributed by atoms with Crippen molar-refractivity contribution in [3.05, 3.63) is 48.4 Å². The average molecular weight is 478 g/mol. The molecule has 0 spiro atoms. The lowest BCUT2D eigenvalue weighted by Crippen LogP contribution is -2.58. The predicted molar refractivity (Wildman–Crippen MR) is 132 cm³/mol. The molecular weight excluding hydrogens is 446 g/mol. The van der Waals surface area contributed by atoms with E-state index in [4.69, 9.17) is 9.47 Å². The first-order chi connectivity index (χ1) is 16.9. The Bertz CT molecular complexity index is 1190. The molecule has 0 saturated carbocycles. The smallest absolute Gasteiger partial charge is 0.318 e. The Morgan fingerprint density at radius 2 is 2.11 bits per heavy atom. The molecule has 35 heavy (non-hydrogen) atoms. The van der Waals surface area contributed by atoms with Crippen LogP contribution in [0.3, 0.4) is 0 Å². The summed E-state index contributed by atoms with van der Waals surface area (Å²) in [5, 5.41) is 10.5. The highest BCUT2D eigenvalue weighted by Crippen LogP contribution is 2.35. The van der Waals surface area contributed by atoms with Crippen LogP contribution in [0.15, 0.2) is 42.9 Å². The van der Waals surface area contributed by atoms with Crippen LogP contribution in [0.1, 0.15) is 38.3 Å². The van der Waals surface area contributed by atoms with Gasteiger partial charge < -0.3 is 25.0 Å². The molecule has 2 N–H and O–H groups in total. The number of nitrogens with one attached hydrogen (secondary N) is 2. The lowest BCUT2D eigenvalue weighted by molar-refractivity contribution is -0.0644. The minimum absolute atomic E-state index is 0.0579. The van der Waals surface area contributed by atoms with Crippen LogP contribution in [-0.4, -0.2) is 62.6 Å². The molecule has 3 aromatic rings. The Labute approximate surface area is 204 Å². The number of aryl methyl sites for hydroxylation is 1. The number of rotatable bonds is 6. The third-order valence-electron chi connectivity index (χ3n) is 6.09. The third-order valence-corrected chi connectivity index (χ3v) is 6.09. The number of ether oxygens (including phenoxy) is 2. The van der Waals surface area contributed by atoms with Gasteiger partial charge in [-0.25, -0.2) is 14.8 Å². The van der Waals surface area contributed by atoms with Gasteiger partial charge in [0.1, 0.15) is 5.75 Å². The lowest BCUT2D eigenvalue weighted by Gasteiger charge is -2.40. The predicted octanol–water partition coefficient (Wildman–Crippen LogP) is 3.65. The second kappa shape index (κ2) is 9.91. The Kier molecular flexibility index (Phi) is 6.54. The van der Waals surface area contributed by atoms with Gasteiger partial charge in [-0.15, -0.1) is 0 Å². The number of benzene rings is 1. The standard InChI is InChI=1S/C25H31N7O3/c1-16(2)35-19-14-32(15-19)25(33)30-22-5-4-10-34-23-11-17(6-7-20(22)23)21-8-9-26-24(29-21)28-18-12-27-31(3)13-18/h6-9,11-13,16,19,22H,4-5,10,14-15H2,1-3H3,(H,30,33)(H,26,28,29). The number of likely N-dealkylation sites (tertiary alicyclic amines) is 1. The molecule has 2 aliphatic rings. The molecule has 1 saturated heterocycles. The molecule has 0 aliphatic carbocycles. The van der Waals surface area contributed by atoms with Crippen LogP contribution >= 0.6 is 0 Å². The lowest BCUT2D eigenvalue weighted by atomic mass is 9.99. The summed E-state index contributed by atoms with van der Waals surface area (Å²) < 4.78 is 13.5. The number of hydrogen-bond donors (Lipinski definition) is 2. The minimum atomic E-state index is -0.104. The van der Waals surface area contributed by atoms with Crippen molar-refractivity contribution in [3.63, 3.8) is 0 Å². The summed E-state index contributed by atoms with van der Waals surface area (Å²) in [6.45, 7) is 5.89. The summed E-state index contributed by atoms with van der Waals surface area (Å²) >= 11 is 0. The van der Waals surface area contributed by atoms with Gasteiger partial charge in [0, 0.05) is 30.6 Å². The number of urea groups is 1. The van der Waals surface area contributed by atoms with E-state index in [1.807, 2.05) is 51.4 Å². The SMILES string of the molecule is CC(C)OC1CN(C(=O)NC2CCCOc3cc(-c4ccnc(Nc5cnn(C)c5)n4)ccc32)C1. The number of hydrogen-bond acceptors (Lipinski definition) is 7. The van der Waals surface area contributed by atoms with Crippen LogP contribution < -0.4 is 15.4 Å². The molecule has 2 aliphatic heterocycles. The van der Waals surface area contributed by atoms with Gasteiger partial charge in [0.2, 0.25) is 5.95 Å². The molecule has 2 amide bonds. The van der Waals surface area contributed by atoms with Gasteiger partial charge in [-0.2, -0.15) is 5.10 Å². The topological polar surface area (TPSA) is 106 Å². The van der Waals surface area contributed by atoms with Gasteiger partial charge in [-0.05, 0) is 38.8 Å². The van der Waals surface area contributed by atoms with Crippen LogP contribution in [0.5, 0.6) is 5.75 Å². The summed E-state index contributed by atoms with van der Waals surface area (Å²) in [4.78, 5) is 23.6. The van der Waals surface area contributed by atoms with E-state index < -0.39 is 0 Å². The molecule has 1 aromatic carbocycles. The molecular formula is C25H31N7O3. The molecule has 2 aromatic heterocycles. The van der Waals surface area contributed by atoms with Gasteiger partial charge >= 0.3 is 6.03 Å². The summed E-state index contributed by atoms with van der Waals surface area (Å²) in [6.07, 6.45) is 7.28. The van der Waals surface area contributed by atoms with E-state index in [0.29, 0.717) is 25.6 Å². The number of anilines is 2. The van der Waals surface area contributed by atoms with Gasteiger partial charge in [0.25, 0.3) is 0 Å². The van der Waals surface area contributed by atoms with E-state index in [-0.39, 0.29) is 24.3 Å². The van der Waals surface area contributed by atoms with E-state index >= 15 is 0 Å². The molecule has 1 unspecified atom stereocenters. The third kappa shape index (κ3) is 5.37. The molecule has 5 rings (SSSR count). The maximum Gasteiger partial charge on any atom is 0.318 e. The molecule has 1 fully saturated rings. The Morgan fingerprint density at radius 1 is 1.26 bits per heavy atom. The van der Waals surface area contributed by atoms with Crippen LogP contribution in [0.2, 0.25) is 0 Å². The highest BCUT2D eigenvalue weighted by molar-refractivity contribution is 5.76. The first-order valence-electron chi connectivity index (χ1n) is 12.0. The maximum atomic E-state index is 12.8. The van der Waals surface area contributed by atoms with Crippen molar-refractivity contribution < 1.29 is 14.3 Å². The van der Waals surface area contributed by atoms with Crippen LogP contribution in [0, 0.1) is 0 Å². The zero-order valence-corrected chi connectivity index (χ0v) is 20.3. The molecule has 4 heterocycles. The van der Waals surface area contributed by atoms with Crippen LogP contribution in [0.4, 0.5) is 16.4 Å². The number of nitrogens with zero attached hydrogens (tertiary/aromatic N) is 5. The number of amides is 2. The van der Waals surface area contributed by atoms with E-state index in [2.05, 4.69) is 25.7 Å². The fraction of sp³-hybridized carbons (Fsp3) is 0.440. The summed E-state index contributed by atoms with van der Waals surface area (Å²) in [5.41, 5.74) is 3.50. The molecule has 10 heteroatoms. The normalized spacial score (nSPS) is 17.8. The van der Waals surface area contributed by atoms with Crippen molar-refractivity contribution in [2.75, 3.05) is 25.0 Å². The number of fused-ring (bicyclic) bond motifs is 1. The summed E-state index contributed by atoms with van der Waals surface area (Å²) in [7, 11) is 1.86. The van der Waals surface area contributed by atoms with Crippen molar-refractivity contribution in [2.24, 2.45) is 7.05 Å². The maximum absolute atomic E-state index is 12.8. The van der Waals surface area contributed by atoms with Gasteiger partial charge in [-0.1, -0.05) is 12.1 Å². The fourth-order valence-electron chi connectivity index (χ4n) is 4.39. The highest BCUT2D eigenvalue weighted by Gasteiger charge is 2.33. The van der Waals surface area contributed by atoms with E-state index in [1.165, 1.54) is 0 Å². The quantitative estimate of drug-likeness (QED) is 0.558. The fourth-order valence-corrected chi connectivity index (χ4v) is 4.39. The average Bonchev–Trinajstić information content (AvgIpc) is 3.11. The monoisotopic (exact) mass is 477 g/mol. The molecule has 184 valence electrons. The Morgan fingerprint density at radius 3 is 2.89 bits per heavy atom. The largest absolute Gasteiger partial charge is 0.493 e. The van der Waals surface area contributed by atoms with E-state index in [1.54, 1.807) is 22.0 Å².